The van der Waals surface area contributed by atoms with Crippen molar-refractivity contribution in [2.75, 3.05) is 53.5 Å². The van der Waals surface area contributed by atoms with Crippen LogP contribution in [-0.2, 0) is 16.1 Å². The minimum Gasteiger partial charge on any atom is -0.379 e. The van der Waals surface area contributed by atoms with E-state index in [9.17, 15) is 4.79 Å². The Labute approximate surface area is 162 Å². The number of morpholine rings is 1. The van der Waals surface area contributed by atoms with E-state index in [1.165, 1.54) is 0 Å². The van der Waals surface area contributed by atoms with E-state index in [0.29, 0.717) is 12.5 Å². The predicted octanol–water partition coefficient (Wildman–Crippen LogP) is 0.921. The van der Waals surface area contributed by atoms with Gasteiger partial charge in [0, 0.05) is 39.3 Å². The summed E-state index contributed by atoms with van der Waals surface area (Å²) in [6.45, 7) is 9.33. The lowest BCUT2D eigenvalue weighted by atomic mass is 10.0. The largest absolute Gasteiger partial charge is 0.379 e. The van der Waals surface area contributed by atoms with E-state index in [1.54, 1.807) is 19.0 Å². The molecule has 1 aromatic carbocycles. The summed E-state index contributed by atoms with van der Waals surface area (Å²) < 4.78 is 5.46. The number of benzene rings is 1. The van der Waals surface area contributed by atoms with Crippen LogP contribution in [0.4, 0.5) is 0 Å². The molecule has 1 aromatic rings. The fourth-order valence-corrected chi connectivity index (χ4v) is 2.83. The topological polar surface area (TPSA) is 69.2 Å². The zero-order valence-electron chi connectivity index (χ0n) is 17.0. The third kappa shape index (κ3) is 7.19. The van der Waals surface area contributed by atoms with E-state index in [1.807, 2.05) is 30.3 Å². The SMILES string of the molecule is CN(C)C(=O)CNC(=NCc1ccccc1)NCC(C)(C)N1CCOCC1. The number of carbonyl (C=O) groups is 1. The minimum absolute atomic E-state index is 0.0108. The Morgan fingerprint density at radius 3 is 2.48 bits per heavy atom. The number of hydrogen-bond acceptors (Lipinski definition) is 4. The lowest BCUT2D eigenvalue weighted by Crippen LogP contribution is -2.56. The Morgan fingerprint density at radius 2 is 1.85 bits per heavy atom. The number of nitrogens with one attached hydrogen (secondary N) is 2. The maximum atomic E-state index is 11.9. The van der Waals surface area contributed by atoms with Gasteiger partial charge >= 0.3 is 0 Å². The highest BCUT2D eigenvalue weighted by molar-refractivity contribution is 5.86. The monoisotopic (exact) mass is 375 g/mol. The van der Waals surface area contributed by atoms with Crippen LogP contribution in [0.5, 0.6) is 0 Å². The second kappa shape index (κ2) is 10.3. The minimum atomic E-state index is -0.0372. The zero-order valence-corrected chi connectivity index (χ0v) is 17.0. The molecule has 1 aliphatic rings. The van der Waals surface area contributed by atoms with Crippen LogP contribution >= 0.6 is 0 Å². The lowest BCUT2D eigenvalue weighted by molar-refractivity contribution is -0.127. The fraction of sp³-hybridized carbons (Fsp3) is 0.600. The van der Waals surface area contributed by atoms with Crippen molar-refractivity contribution in [1.29, 1.82) is 0 Å². The van der Waals surface area contributed by atoms with Gasteiger partial charge in [-0.05, 0) is 19.4 Å². The van der Waals surface area contributed by atoms with Gasteiger partial charge in [0.25, 0.3) is 0 Å². The Balaban J connectivity index is 1.98. The second-order valence-electron chi connectivity index (χ2n) is 7.56. The van der Waals surface area contributed by atoms with Crippen molar-refractivity contribution in [3.8, 4) is 0 Å². The van der Waals surface area contributed by atoms with Gasteiger partial charge in [-0.3, -0.25) is 9.69 Å². The molecule has 7 nitrogen and oxygen atoms in total. The Hall–Kier alpha value is -2.12. The van der Waals surface area contributed by atoms with Crippen LogP contribution in [0, 0.1) is 0 Å². The number of nitrogens with zero attached hydrogens (tertiary/aromatic N) is 3. The molecule has 7 heteroatoms. The van der Waals surface area contributed by atoms with Crippen LogP contribution in [0.3, 0.4) is 0 Å². The number of ether oxygens (including phenoxy) is 1. The van der Waals surface area contributed by atoms with Crippen LogP contribution in [0.2, 0.25) is 0 Å². The van der Waals surface area contributed by atoms with E-state index in [2.05, 4.69) is 34.4 Å². The van der Waals surface area contributed by atoms with Crippen molar-refractivity contribution in [2.45, 2.75) is 25.9 Å². The Bertz CT molecular complexity index is 610. The number of likely N-dealkylation sites (N-methyl/N-ethyl adjacent to an activating group) is 1. The highest BCUT2D eigenvalue weighted by Crippen LogP contribution is 2.15. The van der Waals surface area contributed by atoms with Gasteiger partial charge in [0.05, 0.1) is 26.3 Å². The van der Waals surface area contributed by atoms with E-state index < -0.39 is 0 Å². The number of amides is 1. The molecule has 0 spiro atoms. The van der Waals surface area contributed by atoms with E-state index in [0.717, 1.165) is 38.4 Å². The molecule has 1 fully saturated rings. The number of rotatable bonds is 7. The summed E-state index contributed by atoms with van der Waals surface area (Å²) in [5, 5.41) is 6.56. The van der Waals surface area contributed by atoms with Gasteiger partial charge in [0.1, 0.15) is 0 Å². The summed E-state index contributed by atoms with van der Waals surface area (Å²) in [6.07, 6.45) is 0. The standard InChI is InChI=1S/C20H33N5O2/c1-20(2,25-10-12-27-13-11-25)16-23-19(22-15-18(26)24(3)4)21-14-17-8-6-5-7-9-17/h5-9H,10-16H2,1-4H3,(H2,21,22,23). The van der Waals surface area contributed by atoms with Crippen LogP contribution in [0.15, 0.2) is 35.3 Å². The summed E-state index contributed by atoms with van der Waals surface area (Å²) in [5.41, 5.74) is 1.09. The van der Waals surface area contributed by atoms with Crippen molar-refractivity contribution in [3.05, 3.63) is 35.9 Å². The molecular formula is C20H33N5O2. The van der Waals surface area contributed by atoms with Crippen molar-refractivity contribution >= 4 is 11.9 Å². The molecule has 0 saturated carbocycles. The number of aliphatic imine (C=N–C) groups is 1. The Kier molecular flexibility index (Phi) is 8.06. The molecule has 0 bridgehead atoms. The molecule has 0 unspecified atom stereocenters. The lowest BCUT2D eigenvalue weighted by Gasteiger charge is -2.41. The second-order valence-corrected chi connectivity index (χ2v) is 7.56. The smallest absolute Gasteiger partial charge is 0.241 e. The molecule has 1 heterocycles. The van der Waals surface area contributed by atoms with Crippen LogP contribution in [0.1, 0.15) is 19.4 Å². The normalized spacial score (nSPS) is 16.1. The van der Waals surface area contributed by atoms with Gasteiger partial charge in [-0.15, -0.1) is 0 Å². The first kappa shape index (κ1) is 21.2. The maximum absolute atomic E-state index is 11.9. The van der Waals surface area contributed by atoms with Gasteiger partial charge < -0.3 is 20.3 Å². The predicted molar refractivity (Wildman–Crippen MR) is 109 cm³/mol. The first-order valence-electron chi connectivity index (χ1n) is 9.47. The molecule has 2 rings (SSSR count). The van der Waals surface area contributed by atoms with E-state index >= 15 is 0 Å². The Morgan fingerprint density at radius 1 is 1.19 bits per heavy atom. The van der Waals surface area contributed by atoms with Gasteiger partial charge in [-0.2, -0.15) is 0 Å². The molecule has 1 aliphatic heterocycles. The third-order valence-corrected chi connectivity index (χ3v) is 4.72. The maximum Gasteiger partial charge on any atom is 0.241 e. The number of guanidine groups is 1. The van der Waals surface area contributed by atoms with Crippen LogP contribution in [-0.4, -0.2) is 80.7 Å². The van der Waals surface area contributed by atoms with Crippen LogP contribution < -0.4 is 10.6 Å². The molecule has 0 radical (unpaired) electrons. The molecule has 0 atom stereocenters. The zero-order chi connectivity index (χ0) is 19.7. The molecule has 2 N–H and O–H groups in total. The molecule has 1 amide bonds. The van der Waals surface area contributed by atoms with E-state index in [4.69, 9.17) is 4.74 Å². The molecule has 1 saturated heterocycles. The average molecular weight is 376 g/mol. The molecule has 27 heavy (non-hydrogen) atoms. The molecule has 0 aliphatic carbocycles. The van der Waals surface area contributed by atoms with Crippen molar-refractivity contribution in [1.82, 2.24) is 20.4 Å². The van der Waals surface area contributed by atoms with Gasteiger partial charge in [-0.25, -0.2) is 4.99 Å². The first-order valence-corrected chi connectivity index (χ1v) is 9.47. The summed E-state index contributed by atoms with van der Waals surface area (Å²) in [4.78, 5) is 20.6. The van der Waals surface area contributed by atoms with Gasteiger partial charge in [-0.1, -0.05) is 30.3 Å². The molecular weight excluding hydrogens is 342 g/mol. The summed E-state index contributed by atoms with van der Waals surface area (Å²) in [6, 6.07) is 10.1. The van der Waals surface area contributed by atoms with Gasteiger partial charge in [0.2, 0.25) is 5.91 Å². The van der Waals surface area contributed by atoms with Crippen molar-refractivity contribution < 1.29 is 9.53 Å². The summed E-state index contributed by atoms with van der Waals surface area (Å²) >= 11 is 0. The first-order chi connectivity index (χ1) is 12.9. The van der Waals surface area contributed by atoms with Crippen molar-refractivity contribution in [3.63, 3.8) is 0 Å². The van der Waals surface area contributed by atoms with Crippen LogP contribution in [0.25, 0.3) is 0 Å². The highest BCUT2D eigenvalue weighted by atomic mass is 16.5. The average Bonchev–Trinajstić information content (AvgIpc) is 2.68. The molecule has 0 aromatic heterocycles. The highest BCUT2D eigenvalue weighted by Gasteiger charge is 2.28. The summed E-state index contributed by atoms with van der Waals surface area (Å²) in [7, 11) is 3.50. The summed E-state index contributed by atoms with van der Waals surface area (Å²) in [5.74, 6) is 0.659. The van der Waals surface area contributed by atoms with Crippen molar-refractivity contribution in [2.24, 2.45) is 4.99 Å². The number of carbonyl (C=O) groups excluding carboxylic acids is 1. The fourth-order valence-electron chi connectivity index (χ4n) is 2.83. The van der Waals surface area contributed by atoms with Gasteiger partial charge in [0.15, 0.2) is 5.96 Å². The number of hydrogen-bond donors (Lipinski definition) is 2. The van der Waals surface area contributed by atoms with E-state index in [-0.39, 0.29) is 18.0 Å². The quantitative estimate of drug-likeness (QED) is 0.548. The third-order valence-electron chi connectivity index (χ3n) is 4.72. The molecule has 150 valence electrons.